The van der Waals surface area contributed by atoms with E-state index in [1.165, 1.54) is 4.88 Å². The molecule has 1 N–H and O–H groups in total. The number of thiazole rings is 1. The van der Waals surface area contributed by atoms with E-state index in [9.17, 15) is 5.26 Å². The second-order valence-electron chi connectivity index (χ2n) is 6.02. The number of nitrogens with one attached hydrogen (secondary N) is 1. The van der Waals surface area contributed by atoms with Crippen LogP contribution in [0.5, 0.6) is 0 Å². The highest BCUT2D eigenvalue weighted by molar-refractivity contribution is 7.11. The van der Waals surface area contributed by atoms with E-state index in [4.69, 9.17) is 0 Å². The Labute approximate surface area is 139 Å². The molecule has 5 nitrogen and oxygen atoms in total. The van der Waals surface area contributed by atoms with Gasteiger partial charge >= 0.3 is 0 Å². The predicted octanol–water partition coefficient (Wildman–Crippen LogP) is 4.17. The molecule has 0 amide bonds. The summed E-state index contributed by atoms with van der Waals surface area (Å²) in [5.74, 6) is 0.520. The van der Waals surface area contributed by atoms with E-state index in [0.29, 0.717) is 11.5 Å². The van der Waals surface area contributed by atoms with Gasteiger partial charge in [0.05, 0.1) is 29.0 Å². The number of anilines is 1. The summed E-state index contributed by atoms with van der Waals surface area (Å²) in [7, 11) is 0. The average Bonchev–Trinajstić information content (AvgIpc) is 3.15. The SMILES string of the molecule is Cc1cnc(C(CC(C)C)Nc2c(C#N)cnn3cccc23)s1. The third-order valence-electron chi connectivity index (χ3n) is 3.65. The zero-order valence-electron chi connectivity index (χ0n) is 13.4. The second kappa shape index (κ2) is 6.39. The van der Waals surface area contributed by atoms with Gasteiger partial charge in [-0.3, -0.25) is 0 Å². The number of aromatic nitrogens is 3. The molecule has 0 aromatic carbocycles. The van der Waals surface area contributed by atoms with Crippen LogP contribution in [0.1, 0.15) is 41.8 Å². The summed E-state index contributed by atoms with van der Waals surface area (Å²) >= 11 is 1.70. The van der Waals surface area contributed by atoms with Crippen molar-refractivity contribution in [2.75, 3.05) is 5.32 Å². The summed E-state index contributed by atoms with van der Waals surface area (Å²) in [5, 5.41) is 18.3. The maximum atomic E-state index is 9.43. The van der Waals surface area contributed by atoms with Crippen LogP contribution < -0.4 is 5.32 Å². The van der Waals surface area contributed by atoms with Crippen LogP contribution in [0.3, 0.4) is 0 Å². The molecule has 0 radical (unpaired) electrons. The van der Waals surface area contributed by atoms with Gasteiger partial charge in [0.15, 0.2) is 0 Å². The Morgan fingerprint density at radius 1 is 1.39 bits per heavy atom. The fraction of sp³-hybridized carbons (Fsp3) is 0.353. The van der Waals surface area contributed by atoms with Crippen molar-refractivity contribution in [3.8, 4) is 6.07 Å². The van der Waals surface area contributed by atoms with Crippen LogP contribution in [-0.2, 0) is 0 Å². The normalized spacial score (nSPS) is 12.5. The lowest BCUT2D eigenvalue weighted by molar-refractivity contribution is 0.529. The van der Waals surface area contributed by atoms with Gasteiger partial charge in [-0.2, -0.15) is 10.4 Å². The molecule has 23 heavy (non-hydrogen) atoms. The molecule has 0 saturated heterocycles. The molecule has 1 unspecified atom stereocenters. The van der Waals surface area contributed by atoms with E-state index in [0.717, 1.165) is 22.6 Å². The number of hydrogen-bond acceptors (Lipinski definition) is 5. The topological polar surface area (TPSA) is 66.0 Å². The van der Waals surface area contributed by atoms with Crippen LogP contribution in [-0.4, -0.2) is 14.6 Å². The zero-order chi connectivity index (χ0) is 16.4. The van der Waals surface area contributed by atoms with Gasteiger partial charge in [-0.1, -0.05) is 13.8 Å². The molecule has 118 valence electrons. The molecule has 0 aliphatic rings. The number of nitriles is 1. The number of rotatable bonds is 5. The Hall–Kier alpha value is -2.39. The van der Waals surface area contributed by atoms with Gasteiger partial charge in [0.2, 0.25) is 0 Å². The maximum absolute atomic E-state index is 9.43. The zero-order valence-corrected chi connectivity index (χ0v) is 14.3. The summed E-state index contributed by atoms with van der Waals surface area (Å²) < 4.78 is 1.78. The lowest BCUT2D eigenvalue weighted by atomic mass is 10.0. The van der Waals surface area contributed by atoms with Crippen LogP contribution in [0.2, 0.25) is 0 Å². The maximum Gasteiger partial charge on any atom is 0.115 e. The van der Waals surface area contributed by atoms with Gasteiger partial charge in [0.1, 0.15) is 11.1 Å². The number of fused-ring (bicyclic) bond motifs is 1. The molecule has 0 aliphatic carbocycles. The van der Waals surface area contributed by atoms with Gasteiger partial charge in [-0.15, -0.1) is 11.3 Å². The molecule has 3 aromatic heterocycles. The van der Waals surface area contributed by atoms with E-state index < -0.39 is 0 Å². The molecule has 6 heteroatoms. The Kier molecular flexibility index (Phi) is 4.30. The molecule has 3 heterocycles. The van der Waals surface area contributed by atoms with Gasteiger partial charge < -0.3 is 5.32 Å². The van der Waals surface area contributed by atoms with Crippen LogP contribution in [0.25, 0.3) is 5.52 Å². The minimum atomic E-state index is 0.0851. The molecule has 3 rings (SSSR count). The largest absolute Gasteiger partial charge is 0.373 e. The highest BCUT2D eigenvalue weighted by Crippen LogP contribution is 2.32. The quantitative estimate of drug-likeness (QED) is 0.764. The molecule has 0 spiro atoms. The van der Waals surface area contributed by atoms with E-state index in [2.05, 4.69) is 42.2 Å². The summed E-state index contributed by atoms with van der Waals surface area (Å²) in [4.78, 5) is 5.73. The first-order chi connectivity index (χ1) is 11.1. The van der Waals surface area contributed by atoms with Crippen molar-refractivity contribution in [3.05, 3.63) is 46.2 Å². The molecule has 0 bridgehead atoms. The van der Waals surface area contributed by atoms with Crippen molar-refractivity contribution in [3.63, 3.8) is 0 Å². The smallest absolute Gasteiger partial charge is 0.115 e. The van der Waals surface area contributed by atoms with Crippen molar-refractivity contribution in [2.24, 2.45) is 5.92 Å². The molecular weight excluding hydrogens is 306 g/mol. The first-order valence-electron chi connectivity index (χ1n) is 7.63. The van der Waals surface area contributed by atoms with E-state index in [1.807, 2.05) is 24.5 Å². The molecule has 0 aliphatic heterocycles. The Morgan fingerprint density at radius 3 is 2.87 bits per heavy atom. The molecule has 1 atom stereocenters. The van der Waals surface area contributed by atoms with E-state index in [1.54, 1.807) is 22.0 Å². The van der Waals surface area contributed by atoms with Crippen molar-refractivity contribution >= 4 is 22.5 Å². The lowest BCUT2D eigenvalue weighted by Crippen LogP contribution is -2.15. The molecule has 0 fully saturated rings. The average molecular weight is 325 g/mol. The second-order valence-corrected chi connectivity index (χ2v) is 7.29. The fourth-order valence-electron chi connectivity index (χ4n) is 2.63. The summed E-state index contributed by atoms with van der Waals surface area (Å²) in [5.41, 5.74) is 2.29. The van der Waals surface area contributed by atoms with Crippen LogP contribution in [0, 0.1) is 24.2 Å². The summed E-state index contributed by atoms with van der Waals surface area (Å²) in [6.07, 6.45) is 6.34. The molecular formula is C17H19N5S. The van der Waals surface area contributed by atoms with Gasteiger partial charge in [0, 0.05) is 17.3 Å². The monoisotopic (exact) mass is 325 g/mol. The highest BCUT2D eigenvalue weighted by atomic mass is 32.1. The Bertz CT molecular complexity index is 855. The first kappa shape index (κ1) is 15.5. The minimum Gasteiger partial charge on any atom is -0.373 e. The van der Waals surface area contributed by atoms with Gasteiger partial charge in [0.25, 0.3) is 0 Å². The minimum absolute atomic E-state index is 0.0851. The lowest BCUT2D eigenvalue weighted by Gasteiger charge is -2.21. The highest BCUT2D eigenvalue weighted by Gasteiger charge is 2.20. The summed E-state index contributed by atoms with van der Waals surface area (Å²) in [6, 6.07) is 6.22. The predicted molar refractivity (Wildman–Crippen MR) is 92.6 cm³/mol. The number of hydrogen-bond donors (Lipinski definition) is 1. The van der Waals surface area contributed by atoms with Crippen LogP contribution >= 0.6 is 11.3 Å². The first-order valence-corrected chi connectivity index (χ1v) is 8.45. The Morgan fingerprint density at radius 2 is 2.22 bits per heavy atom. The number of aryl methyl sites for hydroxylation is 1. The third-order valence-corrected chi connectivity index (χ3v) is 4.67. The van der Waals surface area contributed by atoms with Crippen molar-refractivity contribution in [1.82, 2.24) is 14.6 Å². The van der Waals surface area contributed by atoms with Crippen molar-refractivity contribution in [2.45, 2.75) is 33.2 Å². The Balaban J connectivity index is 2.03. The van der Waals surface area contributed by atoms with E-state index >= 15 is 0 Å². The summed E-state index contributed by atoms with van der Waals surface area (Å²) in [6.45, 7) is 6.45. The van der Waals surface area contributed by atoms with Crippen molar-refractivity contribution < 1.29 is 0 Å². The fourth-order valence-corrected chi connectivity index (χ4v) is 3.47. The van der Waals surface area contributed by atoms with Gasteiger partial charge in [-0.25, -0.2) is 9.50 Å². The standard InChI is InChI=1S/C17H19N5S/c1-11(2)7-14(17-19-9-12(3)23-17)21-16-13(8-18)10-20-22-6-4-5-15(16)22/h4-6,9-11,14,21H,7H2,1-3H3. The van der Waals surface area contributed by atoms with Crippen molar-refractivity contribution in [1.29, 1.82) is 5.26 Å². The molecule has 3 aromatic rings. The molecule has 0 saturated carbocycles. The third kappa shape index (κ3) is 3.20. The van der Waals surface area contributed by atoms with Gasteiger partial charge in [-0.05, 0) is 31.4 Å². The van der Waals surface area contributed by atoms with Crippen LogP contribution in [0.4, 0.5) is 5.69 Å². The van der Waals surface area contributed by atoms with E-state index in [-0.39, 0.29) is 6.04 Å². The number of nitrogens with zero attached hydrogens (tertiary/aromatic N) is 4. The van der Waals surface area contributed by atoms with Crippen LogP contribution in [0.15, 0.2) is 30.7 Å².